The summed E-state index contributed by atoms with van der Waals surface area (Å²) < 4.78 is 20.3. The van der Waals surface area contributed by atoms with Crippen LogP contribution in [0.5, 0.6) is 17.2 Å². The van der Waals surface area contributed by atoms with E-state index in [1.54, 1.807) is 14.2 Å². The van der Waals surface area contributed by atoms with Crippen molar-refractivity contribution < 1.29 is 18.8 Å². The van der Waals surface area contributed by atoms with Crippen LogP contribution in [0.15, 0.2) is 36.4 Å². The number of rotatable bonds is 22. The highest BCUT2D eigenvalue weighted by molar-refractivity contribution is 5.99. The lowest BCUT2D eigenvalue weighted by Crippen LogP contribution is -2.30. The van der Waals surface area contributed by atoms with Crippen molar-refractivity contribution in [2.45, 2.75) is 130 Å². The van der Waals surface area contributed by atoms with Gasteiger partial charge in [-0.25, -0.2) is 4.58 Å². The Labute approximate surface area is 251 Å². The van der Waals surface area contributed by atoms with E-state index >= 15 is 0 Å². The molecule has 0 saturated heterocycles. The number of ether oxygens (including phenoxy) is 3. The van der Waals surface area contributed by atoms with Crippen LogP contribution in [0, 0.1) is 0 Å². The summed E-state index contributed by atoms with van der Waals surface area (Å²) in [5.74, 6) is 2.77. The molecule has 228 valence electrons. The number of fused-ring (bicyclic) bond motifs is 1. The van der Waals surface area contributed by atoms with Gasteiger partial charge in [0.25, 0.3) is 0 Å². The topological polar surface area (TPSA) is 30.7 Å². The first-order valence-electron chi connectivity index (χ1n) is 16.8. The normalized spacial score (nSPS) is 12.9. The standard InChI is InChI=1S/C37H58NO3/c1-5-7-9-11-13-14-15-16-18-20-35-33-25-26-36(40-4)37(41-29-19-17-12-10-8-6-2)34(33)27-28-38(35)30-31-21-23-32(39-3)24-22-31/h21-26H,5-20,27-30H2,1-4H3/q+1. The zero-order valence-electron chi connectivity index (χ0n) is 26.8. The van der Waals surface area contributed by atoms with Crippen LogP contribution < -0.4 is 14.2 Å². The minimum Gasteiger partial charge on any atom is -0.497 e. The molecule has 0 saturated carbocycles. The highest BCUT2D eigenvalue weighted by atomic mass is 16.5. The molecule has 4 nitrogen and oxygen atoms in total. The summed E-state index contributed by atoms with van der Waals surface area (Å²) in [7, 11) is 3.50. The molecule has 1 heterocycles. The Morgan fingerprint density at radius 1 is 0.659 bits per heavy atom. The maximum absolute atomic E-state index is 6.49. The van der Waals surface area contributed by atoms with Gasteiger partial charge in [0.1, 0.15) is 12.3 Å². The van der Waals surface area contributed by atoms with Crippen LogP contribution >= 0.6 is 0 Å². The van der Waals surface area contributed by atoms with E-state index in [4.69, 9.17) is 14.2 Å². The highest BCUT2D eigenvalue weighted by Gasteiger charge is 2.29. The van der Waals surface area contributed by atoms with Crippen LogP contribution in [0.3, 0.4) is 0 Å². The van der Waals surface area contributed by atoms with Crippen LogP contribution in [0.1, 0.15) is 133 Å². The summed E-state index contributed by atoms with van der Waals surface area (Å²) in [5, 5.41) is 0. The SMILES string of the molecule is CCCCCCCCCCCC1=[N+](Cc2ccc(OC)cc2)CCc2c1ccc(OC)c2OCCCCCCCC. The second kappa shape index (κ2) is 19.6. The second-order valence-corrected chi connectivity index (χ2v) is 11.8. The molecule has 1 aliphatic rings. The third-order valence-electron chi connectivity index (χ3n) is 8.56. The Kier molecular flexibility index (Phi) is 15.8. The van der Waals surface area contributed by atoms with Gasteiger partial charge >= 0.3 is 0 Å². The number of unbranched alkanes of at least 4 members (excludes halogenated alkanes) is 13. The van der Waals surface area contributed by atoms with Gasteiger partial charge in [-0.1, -0.05) is 97.3 Å². The van der Waals surface area contributed by atoms with Crippen LogP contribution in [0.4, 0.5) is 0 Å². The Morgan fingerprint density at radius 2 is 1.27 bits per heavy atom. The van der Waals surface area contributed by atoms with Gasteiger partial charge in [-0.3, -0.25) is 0 Å². The third kappa shape index (κ3) is 11.0. The lowest BCUT2D eigenvalue weighted by molar-refractivity contribution is -0.545. The molecule has 4 heteroatoms. The second-order valence-electron chi connectivity index (χ2n) is 11.8. The average Bonchev–Trinajstić information content (AvgIpc) is 3.00. The molecule has 0 radical (unpaired) electrons. The van der Waals surface area contributed by atoms with Gasteiger partial charge in [-0.05, 0) is 49.2 Å². The van der Waals surface area contributed by atoms with Crippen molar-refractivity contribution in [1.29, 1.82) is 0 Å². The molecule has 0 amide bonds. The molecule has 0 bridgehead atoms. The van der Waals surface area contributed by atoms with Crippen LogP contribution in [-0.4, -0.2) is 37.7 Å². The first-order chi connectivity index (χ1) is 20.2. The summed E-state index contributed by atoms with van der Waals surface area (Å²) in [6, 6.07) is 13.0. The van der Waals surface area contributed by atoms with Crippen molar-refractivity contribution in [2.24, 2.45) is 0 Å². The first-order valence-corrected chi connectivity index (χ1v) is 16.8. The van der Waals surface area contributed by atoms with Gasteiger partial charge in [-0.15, -0.1) is 0 Å². The van der Waals surface area contributed by atoms with Crippen LogP contribution in [0.2, 0.25) is 0 Å². The molecule has 0 N–H and O–H groups in total. The van der Waals surface area contributed by atoms with E-state index in [0.717, 1.165) is 56.2 Å². The molecule has 3 rings (SSSR count). The molecule has 0 fully saturated rings. The van der Waals surface area contributed by atoms with Crippen LogP contribution in [-0.2, 0) is 13.0 Å². The summed E-state index contributed by atoms with van der Waals surface area (Å²) in [6.45, 7) is 7.26. The van der Waals surface area contributed by atoms with Gasteiger partial charge in [-0.2, -0.15) is 0 Å². The fourth-order valence-corrected chi connectivity index (χ4v) is 6.07. The van der Waals surface area contributed by atoms with Crippen LogP contribution in [0.25, 0.3) is 0 Å². The summed E-state index contributed by atoms with van der Waals surface area (Å²) in [6.07, 6.45) is 21.9. The van der Waals surface area contributed by atoms with Gasteiger partial charge in [0.15, 0.2) is 23.8 Å². The molecular weight excluding hydrogens is 506 g/mol. The van der Waals surface area contributed by atoms with E-state index in [-0.39, 0.29) is 0 Å². The van der Waals surface area contributed by atoms with Gasteiger partial charge in [0, 0.05) is 29.5 Å². The zero-order chi connectivity index (χ0) is 29.1. The third-order valence-corrected chi connectivity index (χ3v) is 8.56. The fraction of sp³-hybridized carbons (Fsp3) is 0.649. The molecular formula is C37H58NO3+. The quantitative estimate of drug-likeness (QED) is 0.105. The maximum Gasteiger partial charge on any atom is 0.184 e. The van der Waals surface area contributed by atoms with Crippen molar-refractivity contribution in [3.63, 3.8) is 0 Å². The van der Waals surface area contributed by atoms with Crippen molar-refractivity contribution in [1.82, 2.24) is 0 Å². The van der Waals surface area contributed by atoms with E-state index in [0.29, 0.717) is 0 Å². The molecule has 0 unspecified atom stereocenters. The molecule has 41 heavy (non-hydrogen) atoms. The van der Waals surface area contributed by atoms with E-state index in [1.807, 2.05) is 0 Å². The number of benzene rings is 2. The average molecular weight is 565 g/mol. The minimum atomic E-state index is 0.766. The predicted octanol–water partition coefficient (Wildman–Crippen LogP) is 9.92. The summed E-state index contributed by atoms with van der Waals surface area (Å²) in [4.78, 5) is 0. The number of hydrogen-bond donors (Lipinski definition) is 0. The molecule has 2 aromatic carbocycles. The monoisotopic (exact) mass is 564 g/mol. The lowest BCUT2D eigenvalue weighted by Gasteiger charge is -2.23. The fourth-order valence-electron chi connectivity index (χ4n) is 6.07. The molecule has 2 aromatic rings. The Bertz CT molecular complexity index is 1030. The van der Waals surface area contributed by atoms with E-state index in [1.165, 1.54) is 112 Å². The highest BCUT2D eigenvalue weighted by Crippen LogP contribution is 2.37. The van der Waals surface area contributed by atoms with Crippen molar-refractivity contribution in [3.05, 3.63) is 53.1 Å². The molecule has 0 aliphatic carbocycles. The van der Waals surface area contributed by atoms with Gasteiger partial charge < -0.3 is 14.2 Å². The lowest BCUT2D eigenvalue weighted by atomic mass is 9.91. The molecule has 0 atom stereocenters. The van der Waals surface area contributed by atoms with E-state index < -0.39 is 0 Å². The summed E-state index contributed by atoms with van der Waals surface area (Å²) >= 11 is 0. The molecule has 0 spiro atoms. The first kappa shape index (κ1) is 33.0. The van der Waals surface area contributed by atoms with Crippen molar-refractivity contribution in [2.75, 3.05) is 27.4 Å². The Balaban J connectivity index is 1.72. The van der Waals surface area contributed by atoms with Gasteiger partial charge in [0.2, 0.25) is 0 Å². The minimum absolute atomic E-state index is 0.766. The summed E-state index contributed by atoms with van der Waals surface area (Å²) in [5.41, 5.74) is 5.50. The number of nitrogens with zero attached hydrogens (tertiary/aromatic N) is 1. The van der Waals surface area contributed by atoms with Crippen molar-refractivity contribution >= 4 is 5.71 Å². The predicted molar refractivity (Wildman–Crippen MR) is 173 cm³/mol. The number of hydrogen-bond acceptors (Lipinski definition) is 3. The number of methoxy groups -OCH3 is 2. The van der Waals surface area contributed by atoms with Crippen molar-refractivity contribution in [3.8, 4) is 17.2 Å². The largest absolute Gasteiger partial charge is 0.497 e. The smallest absolute Gasteiger partial charge is 0.184 e. The van der Waals surface area contributed by atoms with Gasteiger partial charge in [0.05, 0.1) is 20.8 Å². The molecule has 0 aromatic heterocycles. The van der Waals surface area contributed by atoms with E-state index in [9.17, 15) is 0 Å². The Morgan fingerprint density at radius 3 is 1.88 bits per heavy atom. The zero-order valence-corrected chi connectivity index (χ0v) is 26.8. The maximum atomic E-state index is 6.49. The molecule has 1 aliphatic heterocycles. The van der Waals surface area contributed by atoms with E-state index in [2.05, 4.69) is 54.8 Å². The Hall–Kier alpha value is -2.49.